The molecule has 0 radical (unpaired) electrons. The van der Waals surface area contributed by atoms with E-state index in [0.29, 0.717) is 30.9 Å². The topological polar surface area (TPSA) is 73.1 Å². The number of aliphatic hydroxyl groups excluding tert-OH is 2. The second-order valence-corrected chi connectivity index (χ2v) is 4.61. The Balaban J connectivity index is 2.54. The molecule has 2 aliphatic heterocycles. The first-order valence-electron chi connectivity index (χ1n) is 5.97. The van der Waals surface area contributed by atoms with Crippen LogP contribution in [0, 0.1) is 0 Å². The fourth-order valence-corrected chi connectivity index (χ4v) is 2.63. The molecule has 0 spiro atoms. The lowest BCUT2D eigenvalue weighted by Gasteiger charge is -2.47. The SMILES string of the molecule is CCC1(C=O)C(O)=C(C)N=C2C(O)CCCN21. The molecule has 0 amide bonds. The summed E-state index contributed by atoms with van der Waals surface area (Å²) in [6, 6.07) is 0. The van der Waals surface area contributed by atoms with Crippen LogP contribution in [0.2, 0.25) is 0 Å². The Hall–Kier alpha value is -1.36. The van der Waals surface area contributed by atoms with E-state index in [1.807, 2.05) is 6.92 Å². The number of aliphatic hydroxyl groups is 2. The molecule has 1 fully saturated rings. The Bertz CT molecular complexity index is 403. The zero-order valence-electron chi connectivity index (χ0n) is 10.2. The van der Waals surface area contributed by atoms with Gasteiger partial charge < -0.3 is 19.9 Å². The molecule has 2 aliphatic rings. The number of aliphatic imine (C=N–C) groups is 1. The molecule has 0 aromatic heterocycles. The summed E-state index contributed by atoms with van der Waals surface area (Å²) in [6.45, 7) is 4.15. The van der Waals surface area contributed by atoms with Crippen LogP contribution >= 0.6 is 0 Å². The van der Waals surface area contributed by atoms with Crippen molar-refractivity contribution in [3.8, 4) is 0 Å². The number of amidine groups is 1. The average molecular weight is 238 g/mol. The van der Waals surface area contributed by atoms with Crippen LogP contribution in [0.3, 0.4) is 0 Å². The number of carbonyl (C=O) groups excluding carboxylic acids is 1. The van der Waals surface area contributed by atoms with E-state index in [1.165, 1.54) is 0 Å². The van der Waals surface area contributed by atoms with Crippen molar-refractivity contribution in [1.82, 2.24) is 4.90 Å². The molecule has 2 unspecified atom stereocenters. The summed E-state index contributed by atoms with van der Waals surface area (Å²) in [5, 5.41) is 20.1. The summed E-state index contributed by atoms with van der Waals surface area (Å²) in [6.07, 6.45) is 2.03. The lowest BCUT2D eigenvalue weighted by molar-refractivity contribution is -0.117. The molecule has 0 bridgehead atoms. The van der Waals surface area contributed by atoms with Crippen LogP contribution in [0.4, 0.5) is 0 Å². The number of nitrogens with zero attached hydrogens (tertiary/aromatic N) is 2. The molecule has 2 heterocycles. The van der Waals surface area contributed by atoms with Gasteiger partial charge in [-0.2, -0.15) is 0 Å². The molecule has 0 saturated carbocycles. The van der Waals surface area contributed by atoms with Crippen LogP contribution in [0.5, 0.6) is 0 Å². The summed E-state index contributed by atoms with van der Waals surface area (Å²) in [5.74, 6) is 0.522. The van der Waals surface area contributed by atoms with Crippen LogP contribution in [-0.2, 0) is 4.79 Å². The third-order valence-electron chi connectivity index (χ3n) is 3.68. The van der Waals surface area contributed by atoms with Crippen molar-refractivity contribution in [2.75, 3.05) is 6.54 Å². The van der Waals surface area contributed by atoms with Crippen LogP contribution in [-0.4, -0.2) is 45.4 Å². The summed E-state index contributed by atoms with van der Waals surface area (Å²) in [5.41, 5.74) is -0.617. The third kappa shape index (κ3) is 1.57. The van der Waals surface area contributed by atoms with Crippen LogP contribution in [0.1, 0.15) is 33.1 Å². The normalized spacial score (nSPS) is 33.2. The smallest absolute Gasteiger partial charge is 0.156 e. The third-order valence-corrected chi connectivity index (χ3v) is 3.68. The minimum Gasteiger partial charge on any atom is -0.507 e. The first-order chi connectivity index (χ1) is 8.06. The van der Waals surface area contributed by atoms with Crippen molar-refractivity contribution in [3.05, 3.63) is 11.5 Å². The van der Waals surface area contributed by atoms with Crippen LogP contribution in [0.15, 0.2) is 16.4 Å². The maximum atomic E-state index is 11.5. The highest BCUT2D eigenvalue weighted by Gasteiger charge is 2.47. The van der Waals surface area contributed by atoms with E-state index in [-0.39, 0.29) is 5.76 Å². The van der Waals surface area contributed by atoms with Crippen molar-refractivity contribution in [2.24, 2.45) is 4.99 Å². The van der Waals surface area contributed by atoms with Gasteiger partial charge in [0.1, 0.15) is 17.7 Å². The van der Waals surface area contributed by atoms with Gasteiger partial charge in [-0.25, -0.2) is 4.99 Å². The van der Waals surface area contributed by atoms with Gasteiger partial charge in [0.2, 0.25) is 0 Å². The summed E-state index contributed by atoms with van der Waals surface area (Å²) < 4.78 is 0. The number of carbonyl (C=O) groups is 1. The van der Waals surface area contributed by atoms with Crippen molar-refractivity contribution in [3.63, 3.8) is 0 Å². The molecule has 2 atom stereocenters. The number of aldehydes is 1. The first-order valence-corrected chi connectivity index (χ1v) is 5.97. The number of allylic oxidation sites excluding steroid dienone is 1. The van der Waals surface area contributed by atoms with Gasteiger partial charge >= 0.3 is 0 Å². The van der Waals surface area contributed by atoms with Crippen molar-refractivity contribution < 1.29 is 15.0 Å². The van der Waals surface area contributed by atoms with Gasteiger partial charge in [0.25, 0.3) is 0 Å². The van der Waals surface area contributed by atoms with E-state index in [0.717, 1.165) is 12.7 Å². The zero-order chi connectivity index (χ0) is 12.6. The fraction of sp³-hybridized carbons (Fsp3) is 0.667. The minimum absolute atomic E-state index is 0.00727. The minimum atomic E-state index is -1.04. The lowest BCUT2D eigenvalue weighted by Crippen LogP contribution is -2.61. The second-order valence-electron chi connectivity index (χ2n) is 4.61. The van der Waals surface area contributed by atoms with Gasteiger partial charge in [-0.3, -0.25) is 0 Å². The zero-order valence-corrected chi connectivity index (χ0v) is 10.2. The lowest BCUT2D eigenvalue weighted by atomic mass is 9.87. The Labute approximate surface area is 100 Å². The predicted molar refractivity (Wildman–Crippen MR) is 63.8 cm³/mol. The molecule has 5 nitrogen and oxygen atoms in total. The van der Waals surface area contributed by atoms with Crippen molar-refractivity contribution in [2.45, 2.75) is 44.8 Å². The number of hydrogen-bond donors (Lipinski definition) is 2. The molecular weight excluding hydrogens is 220 g/mol. The van der Waals surface area contributed by atoms with E-state index in [9.17, 15) is 15.0 Å². The van der Waals surface area contributed by atoms with Crippen molar-refractivity contribution in [1.29, 1.82) is 0 Å². The molecule has 2 rings (SSSR count). The molecule has 1 saturated heterocycles. The molecular formula is C12H18N2O3. The Kier molecular flexibility index (Phi) is 2.95. The molecule has 0 aliphatic carbocycles. The maximum Gasteiger partial charge on any atom is 0.156 e. The van der Waals surface area contributed by atoms with E-state index in [2.05, 4.69) is 4.99 Å². The summed E-state index contributed by atoms with van der Waals surface area (Å²) in [4.78, 5) is 17.4. The Morgan fingerprint density at radius 3 is 2.94 bits per heavy atom. The highest BCUT2D eigenvalue weighted by molar-refractivity contribution is 5.93. The number of fused-ring (bicyclic) bond motifs is 1. The van der Waals surface area contributed by atoms with Gasteiger partial charge in [-0.1, -0.05) is 6.92 Å². The largest absolute Gasteiger partial charge is 0.507 e. The second kappa shape index (κ2) is 4.14. The number of piperidine rings is 1. The highest BCUT2D eigenvalue weighted by Crippen LogP contribution is 2.35. The highest BCUT2D eigenvalue weighted by atomic mass is 16.3. The van der Waals surface area contributed by atoms with Gasteiger partial charge in [0.05, 0.1) is 5.70 Å². The quantitative estimate of drug-likeness (QED) is 0.704. The van der Waals surface area contributed by atoms with Gasteiger partial charge in [-0.15, -0.1) is 0 Å². The molecule has 0 aromatic rings. The van der Waals surface area contributed by atoms with Crippen molar-refractivity contribution >= 4 is 12.1 Å². The Morgan fingerprint density at radius 1 is 1.65 bits per heavy atom. The maximum absolute atomic E-state index is 11.5. The Morgan fingerprint density at radius 2 is 2.35 bits per heavy atom. The first kappa shape index (κ1) is 12.1. The number of hydrogen-bond acceptors (Lipinski definition) is 5. The fourth-order valence-electron chi connectivity index (χ4n) is 2.63. The molecule has 2 N–H and O–H groups in total. The van der Waals surface area contributed by atoms with Gasteiger partial charge in [0.15, 0.2) is 11.8 Å². The van der Waals surface area contributed by atoms with Crippen LogP contribution in [0.25, 0.3) is 0 Å². The monoisotopic (exact) mass is 238 g/mol. The van der Waals surface area contributed by atoms with E-state index in [4.69, 9.17) is 0 Å². The van der Waals surface area contributed by atoms with E-state index < -0.39 is 11.6 Å². The van der Waals surface area contributed by atoms with E-state index in [1.54, 1.807) is 11.8 Å². The molecule has 94 valence electrons. The van der Waals surface area contributed by atoms with Gasteiger partial charge in [0, 0.05) is 6.54 Å². The predicted octanol–water partition coefficient (Wildman–Crippen LogP) is 0.992. The molecule has 0 aromatic carbocycles. The molecule has 5 heteroatoms. The van der Waals surface area contributed by atoms with E-state index >= 15 is 0 Å². The average Bonchev–Trinajstić information content (AvgIpc) is 2.33. The van der Waals surface area contributed by atoms with Crippen LogP contribution < -0.4 is 0 Å². The number of rotatable bonds is 2. The molecule has 17 heavy (non-hydrogen) atoms. The summed E-state index contributed by atoms with van der Waals surface area (Å²) >= 11 is 0. The standard InChI is InChI=1S/C12H18N2O3/c1-3-12(7-15)10(17)8(2)13-11-9(16)5-4-6-14(11)12/h7,9,16-17H,3-6H2,1-2H3. The van der Waals surface area contributed by atoms with Gasteiger partial charge in [-0.05, 0) is 26.2 Å². The summed E-state index contributed by atoms with van der Waals surface area (Å²) in [7, 11) is 0.